The van der Waals surface area contributed by atoms with Crippen molar-refractivity contribution in [1.29, 1.82) is 0 Å². The van der Waals surface area contributed by atoms with Crippen LogP contribution in [0.1, 0.15) is 0 Å². The van der Waals surface area contributed by atoms with Gasteiger partial charge >= 0.3 is 0 Å². The second-order valence-electron chi connectivity index (χ2n) is 6.23. The first-order valence-corrected chi connectivity index (χ1v) is 8.45. The summed E-state index contributed by atoms with van der Waals surface area (Å²) in [6, 6.07) is 29.7. The third-order valence-corrected chi connectivity index (χ3v) is 4.79. The molecule has 0 fully saturated rings. The zero-order valence-corrected chi connectivity index (χ0v) is 13.6. The van der Waals surface area contributed by atoms with E-state index in [9.17, 15) is 0 Å². The quantitative estimate of drug-likeness (QED) is 0.344. The summed E-state index contributed by atoms with van der Waals surface area (Å²) in [5, 5.41) is 4.82. The molecule has 0 aliphatic rings. The Hall–Kier alpha value is -3.32. The van der Waals surface area contributed by atoms with Crippen LogP contribution in [0.4, 0.5) is 0 Å². The molecule has 5 rings (SSSR count). The summed E-state index contributed by atoms with van der Waals surface area (Å²) in [6.45, 7) is 0. The van der Waals surface area contributed by atoms with Gasteiger partial charge in [-0.2, -0.15) is 0 Å². The smallest absolute Gasteiger partial charge is 0.0988 e. The number of fused-ring (bicyclic) bond motifs is 2. The number of furan rings is 1. The maximum atomic E-state index is 5.66. The Morgan fingerprint density at radius 1 is 0.400 bits per heavy atom. The van der Waals surface area contributed by atoms with E-state index in [4.69, 9.17) is 4.42 Å². The second-order valence-corrected chi connectivity index (χ2v) is 6.23. The summed E-state index contributed by atoms with van der Waals surface area (Å²) >= 11 is 0. The highest BCUT2D eigenvalue weighted by Gasteiger charge is 2.17. The molecular formula is C24H16O. The first-order chi connectivity index (χ1) is 12.4. The van der Waals surface area contributed by atoms with Crippen LogP contribution in [-0.2, 0) is 0 Å². The first kappa shape index (κ1) is 14.1. The average molecular weight is 320 g/mol. The van der Waals surface area contributed by atoms with E-state index in [0.29, 0.717) is 0 Å². The van der Waals surface area contributed by atoms with Gasteiger partial charge in [0, 0.05) is 21.9 Å². The van der Waals surface area contributed by atoms with Crippen LogP contribution in [0.15, 0.2) is 102 Å². The van der Waals surface area contributed by atoms with Crippen molar-refractivity contribution in [3.8, 4) is 22.3 Å². The van der Waals surface area contributed by atoms with Gasteiger partial charge in [0.2, 0.25) is 0 Å². The molecule has 0 aliphatic heterocycles. The van der Waals surface area contributed by atoms with E-state index in [1.807, 2.05) is 12.5 Å². The van der Waals surface area contributed by atoms with Crippen molar-refractivity contribution in [1.82, 2.24) is 0 Å². The Morgan fingerprint density at radius 3 is 1.24 bits per heavy atom. The van der Waals surface area contributed by atoms with Gasteiger partial charge in [-0.3, -0.25) is 0 Å². The fraction of sp³-hybridized carbons (Fsp3) is 0. The second kappa shape index (κ2) is 5.64. The Morgan fingerprint density at radius 2 is 0.800 bits per heavy atom. The van der Waals surface area contributed by atoms with E-state index in [1.165, 1.54) is 33.0 Å². The van der Waals surface area contributed by atoms with Crippen molar-refractivity contribution < 1.29 is 4.42 Å². The van der Waals surface area contributed by atoms with Crippen molar-refractivity contribution in [3.63, 3.8) is 0 Å². The highest BCUT2D eigenvalue weighted by molar-refractivity contribution is 6.21. The summed E-state index contributed by atoms with van der Waals surface area (Å²) in [4.78, 5) is 0. The van der Waals surface area contributed by atoms with Crippen LogP contribution in [0.2, 0.25) is 0 Å². The maximum absolute atomic E-state index is 5.66. The summed E-state index contributed by atoms with van der Waals surface area (Å²) < 4.78 is 5.66. The molecule has 1 aromatic heterocycles. The fourth-order valence-corrected chi connectivity index (χ4v) is 3.73. The van der Waals surface area contributed by atoms with Crippen LogP contribution in [-0.4, -0.2) is 0 Å². The topological polar surface area (TPSA) is 13.1 Å². The molecule has 4 aromatic carbocycles. The molecule has 0 atom stereocenters. The highest BCUT2D eigenvalue weighted by Crippen LogP contribution is 2.43. The molecule has 0 aliphatic carbocycles. The molecule has 1 heteroatoms. The molecule has 0 spiro atoms. The molecule has 0 amide bonds. The summed E-state index contributed by atoms with van der Waals surface area (Å²) in [5.41, 5.74) is 4.90. The molecule has 0 N–H and O–H groups in total. The predicted molar refractivity (Wildman–Crippen MR) is 105 cm³/mol. The minimum atomic E-state index is 1.16. The summed E-state index contributed by atoms with van der Waals surface area (Å²) in [6.07, 6.45) is 3.74. The van der Waals surface area contributed by atoms with Crippen LogP contribution in [0.25, 0.3) is 43.8 Å². The predicted octanol–water partition coefficient (Wildman–Crippen LogP) is 6.92. The maximum Gasteiger partial charge on any atom is 0.0988 e. The molecule has 1 nitrogen and oxygen atoms in total. The molecule has 0 saturated heterocycles. The van der Waals surface area contributed by atoms with Crippen LogP contribution < -0.4 is 0 Å². The minimum absolute atomic E-state index is 1.16. The molecule has 0 radical (unpaired) electrons. The largest absolute Gasteiger partial charge is 0.471 e. The Labute approximate surface area is 146 Å². The number of rotatable bonds is 2. The Balaban J connectivity index is 2.00. The highest BCUT2D eigenvalue weighted by atomic mass is 16.3. The number of hydrogen-bond donors (Lipinski definition) is 0. The van der Waals surface area contributed by atoms with Crippen molar-refractivity contribution >= 4 is 21.5 Å². The zero-order valence-electron chi connectivity index (χ0n) is 13.6. The molecule has 118 valence electrons. The summed E-state index contributed by atoms with van der Waals surface area (Å²) in [5.74, 6) is 0. The van der Waals surface area contributed by atoms with Crippen LogP contribution in [0.5, 0.6) is 0 Å². The van der Waals surface area contributed by atoms with E-state index in [2.05, 4.69) is 84.9 Å². The molecule has 0 unspecified atom stereocenters. The lowest BCUT2D eigenvalue weighted by Gasteiger charge is -2.14. The van der Waals surface area contributed by atoms with E-state index >= 15 is 0 Å². The Bertz CT molecular complexity index is 1080. The van der Waals surface area contributed by atoms with Gasteiger partial charge in [0.05, 0.1) is 12.5 Å². The van der Waals surface area contributed by atoms with E-state index < -0.39 is 0 Å². The van der Waals surface area contributed by atoms with Crippen molar-refractivity contribution in [2.45, 2.75) is 0 Å². The lowest BCUT2D eigenvalue weighted by Crippen LogP contribution is -1.88. The number of benzene rings is 4. The third-order valence-electron chi connectivity index (χ3n) is 4.79. The standard InChI is InChI=1S/C24H16O/c1-3-9-17(10-4-1)23-19-13-7-8-14-20(19)24(18-11-5-2-6-12-18)22-16-25-15-21(22)23/h1-16H. The Kier molecular flexibility index (Phi) is 3.17. The third kappa shape index (κ3) is 2.17. The zero-order chi connectivity index (χ0) is 16.6. The van der Waals surface area contributed by atoms with Crippen molar-refractivity contribution in [3.05, 3.63) is 97.5 Å². The number of hydrogen-bond acceptors (Lipinski definition) is 1. The van der Waals surface area contributed by atoms with E-state index in [-0.39, 0.29) is 0 Å². The van der Waals surface area contributed by atoms with Gasteiger partial charge in [0.1, 0.15) is 0 Å². The molecular weight excluding hydrogens is 304 g/mol. The average Bonchev–Trinajstić information content (AvgIpc) is 3.16. The molecule has 0 saturated carbocycles. The normalized spacial score (nSPS) is 11.2. The SMILES string of the molecule is c1ccc(-c2c3ccccc3c(-c3ccccc3)c3cocc23)cc1. The van der Waals surface area contributed by atoms with E-state index in [0.717, 1.165) is 10.8 Å². The minimum Gasteiger partial charge on any atom is -0.471 e. The van der Waals surface area contributed by atoms with E-state index in [1.54, 1.807) is 0 Å². The molecule has 1 heterocycles. The van der Waals surface area contributed by atoms with Gasteiger partial charge in [0.15, 0.2) is 0 Å². The van der Waals surface area contributed by atoms with Crippen LogP contribution in [0.3, 0.4) is 0 Å². The van der Waals surface area contributed by atoms with Gasteiger partial charge < -0.3 is 4.42 Å². The lowest BCUT2D eigenvalue weighted by molar-refractivity contribution is 0.572. The van der Waals surface area contributed by atoms with Crippen molar-refractivity contribution in [2.75, 3.05) is 0 Å². The van der Waals surface area contributed by atoms with Crippen molar-refractivity contribution in [2.24, 2.45) is 0 Å². The van der Waals surface area contributed by atoms with Gasteiger partial charge in [-0.05, 0) is 21.9 Å². The van der Waals surface area contributed by atoms with Gasteiger partial charge in [-0.15, -0.1) is 0 Å². The van der Waals surface area contributed by atoms with Crippen LogP contribution in [0, 0.1) is 0 Å². The monoisotopic (exact) mass is 320 g/mol. The van der Waals surface area contributed by atoms with Gasteiger partial charge in [-0.1, -0.05) is 84.9 Å². The molecule has 0 bridgehead atoms. The first-order valence-electron chi connectivity index (χ1n) is 8.45. The van der Waals surface area contributed by atoms with Gasteiger partial charge in [0.25, 0.3) is 0 Å². The summed E-state index contributed by atoms with van der Waals surface area (Å²) in [7, 11) is 0. The lowest BCUT2D eigenvalue weighted by atomic mass is 9.88. The molecule has 25 heavy (non-hydrogen) atoms. The fourth-order valence-electron chi connectivity index (χ4n) is 3.73. The van der Waals surface area contributed by atoms with Gasteiger partial charge in [-0.25, -0.2) is 0 Å². The van der Waals surface area contributed by atoms with Crippen LogP contribution >= 0.6 is 0 Å². The molecule has 5 aromatic rings.